The lowest BCUT2D eigenvalue weighted by atomic mass is 10.1. The van der Waals surface area contributed by atoms with Gasteiger partial charge in [0.15, 0.2) is 0 Å². The summed E-state index contributed by atoms with van der Waals surface area (Å²) in [5.41, 5.74) is 2.69. The smallest absolute Gasteiger partial charge is 0.253 e. The number of imidazole rings is 1. The van der Waals surface area contributed by atoms with E-state index in [1.165, 1.54) is 51.4 Å². The Balaban J connectivity index is 1.58. The SMILES string of the molecule is CCCCCCCCCCCn1c(C(C)NC(=O)c2cccnc2)nc2ccccc21. The van der Waals surface area contributed by atoms with Crippen LogP contribution in [-0.4, -0.2) is 20.4 Å². The second-order valence-corrected chi connectivity index (χ2v) is 8.38. The lowest BCUT2D eigenvalue weighted by molar-refractivity contribution is 0.0937. The zero-order chi connectivity index (χ0) is 21.9. The number of hydrogen-bond acceptors (Lipinski definition) is 3. The molecule has 5 nitrogen and oxygen atoms in total. The summed E-state index contributed by atoms with van der Waals surface area (Å²) in [4.78, 5) is 21.5. The molecule has 0 aliphatic carbocycles. The predicted molar refractivity (Wildman–Crippen MR) is 127 cm³/mol. The number of benzene rings is 1. The van der Waals surface area contributed by atoms with Crippen LogP contribution in [0.3, 0.4) is 0 Å². The summed E-state index contributed by atoms with van der Waals surface area (Å²) in [6.07, 6.45) is 15.0. The number of rotatable bonds is 13. The Kier molecular flexibility index (Phi) is 9.07. The van der Waals surface area contributed by atoms with E-state index < -0.39 is 0 Å². The normalized spacial score (nSPS) is 12.2. The van der Waals surface area contributed by atoms with Crippen LogP contribution in [-0.2, 0) is 6.54 Å². The Morgan fingerprint density at radius 3 is 2.39 bits per heavy atom. The van der Waals surface area contributed by atoms with Crippen molar-refractivity contribution in [1.29, 1.82) is 0 Å². The first-order valence-corrected chi connectivity index (χ1v) is 11.9. The van der Waals surface area contributed by atoms with Crippen LogP contribution in [0.1, 0.15) is 93.9 Å². The number of aromatic nitrogens is 3. The van der Waals surface area contributed by atoms with Gasteiger partial charge in [-0.05, 0) is 37.6 Å². The number of nitrogens with zero attached hydrogens (tertiary/aromatic N) is 3. The molecular formula is C26H36N4O. The predicted octanol–water partition coefficient (Wildman–Crippen LogP) is 6.45. The highest BCUT2D eigenvalue weighted by atomic mass is 16.1. The fourth-order valence-corrected chi connectivity index (χ4v) is 4.08. The molecule has 0 aliphatic rings. The third-order valence-corrected chi connectivity index (χ3v) is 5.83. The van der Waals surface area contributed by atoms with Crippen molar-refractivity contribution in [2.24, 2.45) is 0 Å². The van der Waals surface area contributed by atoms with Crippen molar-refractivity contribution in [3.8, 4) is 0 Å². The largest absolute Gasteiger partial charge is 0.342 e. The topological polar surface area (TPSA) is 59.8 Å². The summed E-state index contributed by atoms with van der Waals surface area (Å²) in [6, 6.07) is 11.6. The van der Waals surface area contributed by atoms with E-state index in [-0.39, 0.29) is 11.9 Å². The number of aryl methyl sites for hydroxylation is 1. The Hall–Kier alpha value is -2.69. The fraction of sp³-hybridized carbons (Fsp3) is 0.500. The van der Waals surface area contributed by atoms with Gasteiger partial charge in [0.25, 0.3) is 5.91 Å². The molecule has 3 aromatic rings. The highest BCUT2D eigenvalue weighted by Crippen LogP contribution is 2.22. The van der Waals surface area contributed by atoms with Gasteiger partial charge in [-0.1, -0.05) is 70.4 Å². The van der Waals surface area contributed by atoms with E-state index in [9.17, 15) is 4.79 Å². The van der Waals surface area contributed by atoms with Crippen molar-refractivity contribution in [3.05, 3.63) is 60.2 Å². The second-order valence-electron chi connectivity index (χ2n) is 8.38. The van der Waals surface area contributed by atoms with Crippen LogP contribution in [0.2, 0.25) is 0 Å². The highest BCUT2D eigenvalue weighted by molar-refractivity contribution is 5.94. The monoisotopic (exact) mass is 420 g/mol. The average Bonchev–Trinajstić information content (AvgIpc) is 3.17. The average molecular weight is 421 g/mol. The maximum absolute atomic E-state index is 12.6. The minimum Gasteiger partial charge on any atom is -0.342 e. The summed E-state index contributed by atoms with van der Waals surface area (Å²) < 4.78 is 2.28. The molecule has 0 saturated carbocycles. The number of carbonyl (C=O) groups is 1. The molecule has 0 fully saturated rings. The van der Waals surface area contributed by atoms with Crippen molar-refractivity contribution in [2.45, 2.75) is 84.2 Å². The standard InChI is InChI=1S/C26H36N4O/c1-3-4-5-6-7-8-9-10-13-19-30-24-17-12-11-16-23(24)29-25(30)21(2)28-26(31)22-15-14-18-27-20-22/h11-12,14-18,20-21H,3-10,13,19H2,1-2H3,(H,28,31). The summed E-state index contributed by atoms with van der Waals surface area (Å²) in [5, 5.41) is 3.09. The van der Waals surface area contributed by atoms with E-state index in [1.54, 1.807) is 24.5 Å². The highest BCUT2D eigenvalue weighted by Gasteiger charge is 2.19. The molecule has 1 amide bonds. The van der Waals surface area contributed by atoms with Crippen LogP contribution < -0.4 is 5.32 Å². The molecule has 1 N–H and O–H groups in total. The molecule has 1 atom stereocenters. The third-order valence-electron chi connectivity index (χ3n) is 5.83. The number of hydrogen-bond donors (Lipinski definition) is 1. The Morgan fingerprint density at radius 2 is 1.68 bits per heavy atom. The quantitative estimate of drug-likeness (QED) is 0.323. The first-order valence-electron chi connectivity index (χ1n) is 11.9. The van der Waals surface area contributed by atoms with E-state index in [4.69, 9.17) is 4.98 Å². The number of unbranched alkanes of at least 4 members (excludes halogenated alkanes) is 8. The van der Waals surface area contributed by atoms with E-state index in [0.29, 0.717) is 5.56 Å². The molecule has 1 unspecified atom stereocenters. The number of pyridine rings is 1. The van der Waals surface area contributed by atoms with Gasteiger partial charge in [0, 0.05) is 18.9 Å². The number of para-hydroxylation sites is 2. The van der Waals surface area contributed by atoms with Crippen LogP contribution in [0.5, 0.6) is 0 Å². The summed E-state index contributed by atoms with van der Waals surface area (Å²) in [7, 11) is 0. The molecule has 31 heavy (non-hydrogen) atoms. The summed E-state index contributed by atoms with van der Waals surface area (Å²) in [6.45, 7) is 5.19. The third kappa shape index (κ3) is 6.65. The van der Waals surface area contributed by atoms with Gasteiger partial charge in [-0.3, -0.25) is 9.78 Å². The Bertz CT molecular complexity index is 935. The van der Waals surface area contributed by atoms with Crippen molar-refractivity contribution in [1.82, 2.24) is 19.9 Å². The summed E-state index contributed by atoms with van der Waals surface area (Å²) in [5.74, 6) is 0.792. The molecule has 0 spiro atoms. The molecular weight excluding hydrogens is 384 g/mol. The van der Waals surface area contributed by atoms with E-state index in [2.05, 4.69) is 33.9 Å². The number of nitrogens with one attached hydrogen (secondary N) is 1. The minimum atomic E-state index is -0.182. The van der Waals surface area contributed by atoms with E-state index >= 15 is 0 Å². The van der Waals surface area contributed by atoms with E-state index in [1.807, 2.05) is 19.1 Å². The van der Waals surface area contributed by atoms with Gasteiger partial charge < -0.3 is 9.88 Å². The van der Waals surface area contributed by atoms with Crippen LogP contribution >= 0.6 is 0 Å². The lowest BCUT2D eigenvalue weighted by Gasteiger charge is -2.16. The molecule has 166 valence electrons. The fourth-order valence-electron chi connectivity index (χ4n) is 4.08. The lowest BCUT2D eigenvalue weighted by Crippen LogP contribution is -2.28. The van der Waals surface area contributed by atoms with Crippen LogP contribution in [0, 0.1) is 0 Å². The molecule has 0 radical (unpaired) electrons. The first kappa shape index (κ1) is 23.0. The number of fused-ring (bicyclic) bond motifs is 1. The van der Waals surface area contributed by atoms with Crippen LogP contribution in [0.15, 0.2) is 48.8 Å². The van der Waals surface area contributed by atoms with Gasteiger partial charge in [0.05, 0.1) is 22.6 Å². The van der Waals surface area contributed by atoms with Gasteiger partial charge in [0.1, 0.15) is 5.82 Å². The molecule has 3 rings (SSSR count). The molecule has 1 aromatic carbocycles. The van der Waals surface area contributed by atoms with Crippen molar-refractivity contribution < 1.29 is 4.79 Å². The van der Waals surface area contributed by atoms with E-state index in [0.717, 1.165) is 29.8 Å². The van der Waals surface area contributed by atoms with Gasteiger partial charge in [-0.15, -0.1) is 0 Å². The van der Waals surface area contributed by atoms with Gasteiger partial charge >= 0.3 is 0 Å². The molecule has 0 saturated heterocycles. The van der Waals surface area contributed by atoms with Crippen molar-refractivity contribution in [2.75, 3.05) is 0 Å². The minimum absolute atomic E-state index is 0.123. The Morgan fingerprint density at radius 1 is 0.968 bits per heavy atom. The molecule has 0 aliphatic heterocycles. The second kappa shape index (κ2) is 12.2. The number of amides is 1. The molecule has 5 heteroatoms. The maximum atomic E-state index is 12.6. The molecule has 2 aromatic heterocycles. The summed E-state index contributed by atoms with van der Waals surface area (Å²) >= 11 is 0. The Labute approximate surface area is 186 Å². The molecule has 0 bridgehead atoms. The van der Waals surface area contributed by atoms with Gasteiger partial charge in [-0.2, -0.15) is 0 Å². The zero-order valence-electron chi connectivity index (χ0n) is 19.0. The van der Waals surface area contributed by atoms with Crippen LogP contribution in [0.4, 0.5) is 0 Å². The van der Waals surface area contributed by atoms with Crippen molar-refractivity contribution >= 4 is 16.9 Å². The van der Waals surface area contributed by atoms with Gasteiger partial charge in [0.2, 0.25) is 0 Å². The number of carbonyl (C=O) groups excluding carboxylic acids is 1. The maximum Gasteiger partial charge on any atom is 0.253 e. The van der Waals surface area contributed by atoms with Gasteiger partial charge in [-0.25, -0.2) is 4.98 Å². The van der Waals surface area contributed by atoms with Crippen molar-refractivity contribution in [3.63, 3.8) is 0 Å². The molecule has 2 heterocycles. The van der Waals surface area contributed by atoms with Crippen LogP contribution in [0.25, 0.3) is 11.0 Å². The first-order chi connectivity index (χ1) is 15.2. The zero-order valence-corrected chi connectivity index (χ0v) is 19.0.